The molecule has 2 N–H and O–H groups in total. The first-order valence-electron chi connectivity index (χ1n) is 8.54. The van der Waals surface area contributed by atoms with Gasteiger partial charge in [-0.15, -0.1) is 0 Å². The van der Waals surface area contributed by atoms with E-state index in [0.717, 1.165) is 22.5 Å². The Morgan fingerprint density at radius 1 is 0.962 bits per heavy atom. The van der Waals surface area contributed by atoms with Crippen molar-refractivity contribution in [2.75, 3.05) is 23.7 Å². The summed E-state index contributed by atoms with van der Waals surface area (Å²) in [5.74, 6) is 0. The molecule has 0 aromatic heterocycles. The number of nitrogens with one attached hydrogen (secondary N) is 2. The van der Waals surface area contributed by atoms with Crippen LogP contribution in [0.5, 0.6) is 0 Å². The summed E-state index contributed by atoms with van der Waals surface area (Å²) in [5.41, 5.74) is 3.92. The van der Waals surface area contributed by atoms with Crippen molar-refractivity contribution >= 4 is 38.7 Å². The van der Waals surface area contributed by atoms with Crippen molar-refractivity contribution in [1.82, 2.24) is 4.31 Å². The maximum Gasteiger partial charge on any atom is 0.243 e. The molecule has 0 aliphatic carbocycles. The van der Waals surface area contributed by atoms with Crippen molar-refractivity contribution in [2.45, 2.75) is 32.6 Å². The van der Waals surface area contributed by atoms with Crippen LogP contribution in [0.25, 0.3) is 0 Å². The number of nitrogens with zero attached hydrogens (tertiary/aromatic N) is 1. The lowest BCUT2D eigenvalue weighted by Gasteiger charge is -2.19. The van der Waals surface area contributed by atoms with Gasteiger partial charge < -0.3 is 10.6 Å². The van der Waals surface area contributed by atoms with E-state index in [2.05, 4.69) is 10.6 Å². The lowest BCUT2D eigenvalue weighted by Crippen LogP contribution is -2.30. The molecule has 140 valence electrons. The molecule has 2 rings (SSSR count). The Kier molecular flexibility index (Phi) is 6.75. The Labute approximate surface area is 161 Å². The second-order valence-corrected chi connectivity index (χ2v) is 8.31. The topological polar surface area (TPSA) is 61.4 Å². The van der Waals surface area contributed by atoms with Gasteiger partial charge in [-0.2, -0.15) is 4.31 Å². The van der Waals surface area contributed by atoms with Gasteiger partial charge in [-0.3, -0.25) is 0 Å². The maximum atomic E-state index is 12.5. The average molecular weight is 392 g/mol. The molecule has 26 heavy (non-hydrogen) atoms. The van der Waals surface area contributed by atoms with E-state index >= 15 is 0 Å². The van der Waals surface area contributed by atoms with Gasteiger partial charge in [-0.05, 0) is 61.5 Å². The van der Waals surface area contributed by atoms with Gasteiger partial charge >= 0.3 is 0 Å². The van der Waals surface area contributed by atoms with Crippen LogP contribution >= 0.6 is 12.2 Å². The number of benzene rings is 2. The molecule has 2 aromatic carbocycles. The highest BCUT2D eigenvalue weighted by Crippen LogP contribution is 2.21. The number of aryl methyl sites for hydroxylation is 2. The highest BCUT2D eigenvalue weighted by Gasteiger charge is 2.21. The van der Waals surface area contributed by atoms with E-state index in [1.165, 1.54) is 4.31 Å². The minimum atomic E-state index is -3.45. The van der Waals surface area contributed by atoms with Crippen LogP contribution in [0.3, 0.4) is 0 Å². The molecule has 0 amide bonds. The van der Waals surface area contributed by atoms with Crippen LogP contribution in [0.2, 0.25) is 0 Å². The molecule has 0 unspecified atom stereocenters. The third-order valence-corrected chi connectivity index (χ3v) is 6.44. The first-order chi connectivity index (χ1) is 12.3. The van der Waals surface area contributed by atoms with Crippen molar-refractivity contribution in [3.8, 4) is 0 Å². The third-order valence-electron chi connectivity index (χ3n) is 4.18. The Hall–Kier alpha value is -1.96. The van der Waals surface area contributed by atoms with E-state index in [9.17, 15) is 8.42 Å². The number of thiocarbonyl (C=S) groups is 1. The highest BCUT2D eigenvalue weighted by molar-refractivity contribution is 7.89. The predicted octanol–water partition coefficient (Wildman–Crippen LogP) is 4.14. The zero-order valence-corrected chi connectivity index (χ0v) is 17.2. The SMILES string of the molecule is CCN(CC)S(=O)(=O)c1ccc(NC(=S)Nc2c(C)cccc2C)cc1. The number of sulfonamides is 1. The molecule has 0 heterocycles. The van der Waals surface area contributed by atoms with E-state index < -0.39 is 10.0 Å². The van der Waals surface area contributed by atoms with Gasteiger partial charge in [0.2, 0.25) is 10.0 Å². The highest BCUT2D eigenvalue weighted by atomic mass is 32.2. The summed E-state index contributed by atoms with van der Waals surface area (Å²) in [6, 6.07) is 12.7. The van der Waals surface area contributed by atoms with Gasteiger partial charge in [0.15, 0.2) is 5.11 Å². The molecule has 0 fully saturated rings. The zero-order valence-electron chi connectivity index (χ0n) is 15.5. The summed E-state index contributed by atoms with van der Waals surface area (Å²) < 4.78 is 26.5. The van der Waals surface area contributed by atoms with Crippen LogP contribution in [0, 0.1) is 13.8 Å². The minimum absolute atomic E-state index is 0.278. The molecule has 0 radical (unpaired) electrons. The van der Waals surface area contributed by atoms with Gasteiger partial charge in [0.05, 0.1) is 4.90 Å². The molecule has 0 spiro atoms. The number of para-hydroxylation sites is 1. The normalized spacial score (nSPS) is 11.4. The van der Waals surface area contributed by atoms with Crippen molar-refractivity contribution in [2.24, 2.45) is 0 Å². The molecule has 0 saturated carbocycles. The monoisotopic (exact) mass is 391 g/mol. The second kappa shape index (κ2) is 8.62. The largest absolute Gasteiger partial charge is 0.332 e. The lowest BCUT2D eigenvalue weighted by atomic mass is 10.1. The quantitative estimate of drug-likeness (QED) is 0.725. The molecule has 0 bridgehead atoms. The first kappa shape index (κ1) is 20.4. The average Bonchev–Trinajstić information content (AvgIpc) is 2.59. The van der Waals surface area contributed by atoms with Crippen LogP contribution in [-0.4, -0.2) is 30.9 Å². The van der Waals surface area contributed by atoms with E-state index in [1.54, 1.807) is 24.3 Å². The van der Waals surface area contributed by atoms with Crippen LogP contribution in [-0.2, 0) is 10.0 Å². The predicted molar refractivity (Wildman–Crippen MR) is 112 cm³/mol. The van der Waals surface area contributed by atoms with Crippen LogP contribution in [0.1, 0.15) is 25.0 Å². The summed E-state index contributed by atoms with van der Waals surface area (Å²) in [5, 5.41) is 6.75. The van der Waals surface area contributed by atoms with Crippen molar-refractivity contribution in [1.29, 1.82) is 0 Å². The molecule has 2 aromatic rings. The summed E-state index contributed by atoms with van der Waals surface area (Å²) >= 11 is 5.37. The van der Waals surface area contributed by atoms with Gasteiger partial charge in [0, 0.05) is 24.5 Å². The molecular formula is C19H25N3O2S2. The van der Waals surface area contributed by atoms with Crippen LogP contribution in [0.4, 0.5) is 11.4 Å². The smallest absolute Gasteiger partial charge is 0.243 e. The molecule has 0 aliphatic heterocycles. The van der Waals surface area contributed by atoms with E-state index in [0.29, 0.717) is 18.2 Å². The first-order valence-corrected chi connectivity index (χ1v) is 10.4. The van der Waals surface area contributed by atoms with Gasteiger partial charge in [-0.25, -0.2) is 8.42 Å². The van der Waals surface area contributed by atoms with Crippen molar-refractivity contribution in [3.05, 3.63) is 53.6 Å². The maximum absolute atomic E-state index is 12.5. The van der Waals surface area contributed by atoms with Gasteiger partial charge in [0.25, 0.3) is 0 Å². The zero-order chi connectivity index (χ0) is 19.3. The fourth-order valence-corrected chi connectivity index (χ4v) is 4.39. The Balaban J connectivity index is 2.11. The summed E-state index contributed by atoms with van der Waals surface area (Å²) in [6.45, 7) is 8.59. The summed E-state index contributed by atoms with van der Waals surface area (Å²) in [4.78, 5) is 0.278. The Morgan fingerprint density at radius 3 is 2.00 bits per heavy atom. The van der Waals surface area contributed by atoms with Crippen molar-refractivity contribution in [3.63, 3.8) is 0 Å². The lowest BCUT2D eigenvalue weighted by molar-refractivity contribution is 0.445. The minimum Gasteiger partial charge on any atom is -0.332 e. The summed E-state index contributed by atoms with van der Waals surface area (Å²) in [7, 11) is -3.45. The van der Waals surface area contributed by atoms with Crippen molar-refractivity contribution < 1.29 is 8.42 Å². The van der Waals surface area contributed by atoms with Gasteiger partial charge in [0.1, 0.15) is 0 Å². The van der Waals surface area contributed by atoms with Gasteiger partial charge in [-0.1, -0.05) is 32.0 Å². The molecule has 0 aliphatic rings. The van der Waals surface area contributed by atoms with Crippen LogP contribution in [0.15, 0.2) is 47.4 Å². The molecule has 7 heteroatoms. The third kappa shape index (κ3) is 4.60. The standard InChI is InChI=1S/C19H25N3O2S2/c1-5-22(6-2)26(23,24)17-12-10-16(11-13-17)20-19(25)21-18-14(3)8-7-9-15(18)4/h7-13H,5-6H2,1-4H3,(H2,20,21,25). The molecule has 0 atom stereocenters. The van der Waals surface area contributed by atoms with E-state index in [4.69, 9.17) is 12.2 Å². The fourth-order valence-electron chi connectivity index (χ4n) is 2.71. The number of hydrogen-bond donors (Lipinski definition) is 2. The second-order valence-electron chi connectivity index (χ2n) is 5.96. The summed E-state index contributed by atoms with van der Waals surface area (Å²) in [6.07, 6.45) is 0. The Bertz CT molecular complexity index is 854. The fraction of sp³-hybridized carbons (Fsp3) is 0.316. The Morgan fingerprint density at radius 2 is 1.50 bits per heavy atom. The molecule has 5 nitrogen and oxygen atoms in total. The number of rotatable bonds is 6. The molecule has 0 saturated heterocycles. The molecular weight excluding hydrogens is 366 g/mol. The number of hydrogen-bond acceptors (Lipinski definition) is 3. The van der Waals surface area contributed by atoms with E-state index in [1.807, 2.05) is 45.9 Å². The van der Waals surface area contributed by atoms with E-state index in [-0.39, 0.29) is 4.90 Å². The number of anilines is 2. The van der Waals surface area contributed by atoms with Crippen LogP contribution < -0.4 is 10.6 Å².